The number of fused-ring (bicyclic) bond motifs is 1. The molecule has 0 aliphatic heterocycles. The van der Waals surface area contributed by atoms with Crippen molar-refractivity contribution in [1.29, 1.82) is 0 Å². The zero-order valence-electron chi connectivity index (χ0n) is 10.3. The van der Waals surface area contributed by atoms with Crippen molar-refractivity contribution >= 4 is 11.0 Å². The quantitative estimate of drug-likeness (QED) is 0.834. The Morgan fingerprint density at radius 1 is 1.35 bits per heavy atom. The maximum Gasteiger partial charge on any atom is 0.133 e. The number of aliphatic hydroxyl groups is 1. The lowest BCUT2D eigenvalue weighted by Crippen LogP contribution is -2.35. The van der Waals surface area contributed by atoms with Crippen LogP contribution < -0.4 is 5.32 Å². The summed E-state index contributed by atoms with van der Waals surface area (Å²) in [7, 11) is 1.89. The lowest BCUT2D eigenvalue weighted by molar-refractivity contribution is 0.227. The standard InChI is InChI=1S/C14H19NO2/c1-3-12(13(9-16)15-2)10-4-5-14-11(8-10)6-7-17-14/h4-8,12-13,15-16H,3,9H2,1-2H3. The molecule has 1 aromatic carbocycles. The minimum Gasteiger partial charge on any atom is -0.464 e. The first-order valence-corrected chi connectivity index (χ1v) is 6.05. The molecule has 0 spiro atoms. The van der Waals surface area contributed by atoms with Crippen molar-refractivity contribution in [2.24, 2.45) is 0 Å². The number of benzene rings is 1. The average molecular weight is 233 g/mol. The summed E-state index contributed by atoms with van der Waals surface area (Å²) in [4.78, 5) is 0. The van der Waals surface area contributed by atoms with E-state index >= 15 is 0 Å². The van der Waals surface area contributed by atoms with Gasteiger partial charge in [-0.2, -0.15) is 0 Å². The largest absolute Gasteiger partial charge is 0.464 e. The van der Waals surface area contributed by atoms with Crippen LogP contribution in [0.15, 0.2) is 34.9 Å². The highest BCUT2D eigenvalue weighted by molar-refractivity contribution is 5.77. The monoisotopic (exact) mass is 233 g/mol. The van der Waals surface area contributed by atoms with Crippen LogP contribution in [0.2, 0.25) is 0 Å². The molecule has 3 heteroatoms. The third kappa shape index (κ3) is 2.35. The van der Waals surface area contributed by atoms with Crippen molar-refractivity contribution in [2.45, 2.75) is 25.3 Å². The predicted molar refractivity (Wildman–Crippen MR) is 69.2 cm³/mol. The minimum absolute atomic E-state index is 0.101. The van der Waals surface area contributed by atoms with E-state index < -0.39 is 0 Å². The molecule has 3 nitrogen and oxygen atoms in total. The fourth-order valence-electron chi connectivity index (χ4n) is 2.39. The SMILES string of the molecule is CCC(c1ccc2occc2c1)C(CO)NC. The Morgan fingerprint density at radius 2 is 2.18 bits per heavy atom. The fourth-order valence-corrected chi connectivity index (χ4v) is 2.39. The zero-order valence-corrected chi connectivity index (χ0v) is 10.3. The first-order chi connectivity index (χ1) is 8.30. The Bertz CT molecular complexity index is 474. The summed E-state index contributed by atoms with van der Waals surface area (Å²) in [5.74, 6) is 0.323. The van der Waals surface area contributed by atoms with Gasteiger partial charge in [0.1, 0.15) is 5.58 Å². The van der Waals surface area contributed by atoms with Crippen molar-refractivity contribution in [3.05, 3.63) is 36.1 Å². The zero-order chi connectivity index (χ0) is 12.3. The lowest BCUT2D eigenvalue weighted by atomic mass is 9.89. The van der Waals surface area contributed by atoms with E-state index in [1.165, 1.54) is 5.56 Å². The molecule has 2 atom stereocenters. The van der Waals surface area contributed by atoms with Gasteiger partial charge in [0, 0.05) is 17.3 Å². The molecule has 2 unspecified atom stereocenters. The smallest absolute Gasteiger partial charge is 0.133 e. The number of hydrogen-bond acceptors (Lipinski definition) is 3. The molecule has 2 rings (SSSR count). The molecule has 0 radical (unpaired) electrons. The Labute approximate surface area is 101 Å². The van der Waals surface area contributed by atoms with Crippen LogP contribution in [0.5, 0.6) is 0 Å². The highest BCUT2D eigenvalue weighted by Crippen LogP contribution is 2.27. The molecule has 0 amide bonds. The average Bonchev–Trinajstić information content (AvgIpc) is 2.82. The Hall–Kier alpha value is -1.32. The van der Waals surface area contributed by atoms with Crippen molar-refractivity contribution in [1.82, 2.24) is 5.32 Å². The second-order valence-corrected chi connectivity index (χ2v) is 4.31. The highest BCUT2D eigenvalue weighted by atomic mass is 16.3. The number of aliphatic hydroxyl groups excluding tert-OH is 1. The first kappa shape index (κ1) is 12.1. The summed E-state index contributed by atoms with van der Waals surface area (Å²) < 4.78 is 5.33. The number of hydrogen-bond donors (Lipinski definition) is 2. The van der Waals surface area contributed by atoms with E-state index in [1.54, 1.807) is 6.26 Å². The van der Waals surface area contributed by atoms with E-state index in [9.17, 15) is 5.11 Å². The molecule has 17 heavy (non-hydrogen) atoms. The molecular formula is C14H19NO2. The Morgan fingerprint density at radius 3 is 2.82 bits per heavy atom. The molecule has 0 saturated carbocycles. The Balaban J connectivity index is 2.34. The molecule has 0 aliphatic rings. The van der Waals surface area contributed by atoms with Crippen LogP contribution in [0.1, 0.15) is 24.8 Å². The third-order valence-corrected chi connectivity index (χ3v) is 3.40. The summed E-state index contributed by atoms with van der Waals surface area (Å²) in [6.07, 6.45) is 2.70. The summed E-state index contributed by atoms with van der Waals surface area (Å²) >= 11 is 0. The van der Waals surface area contributed by atoms with E-state index in [4.69, 9.17) is 4.42 Å². The van der Waals surface area contributed by atoms with E-state index in [0.717, 1.165) is 17.4 Å². The van der Waals surface area contributed by atoms with Crippen molar-refractivity contribution in [2.75, 3.05) is 13.7 Å². The maximum absolute atomic E-state index is 9.38. The van der Waals surface area contributed by atoms with Gasteiger partial charge in [-0.05, 0) is 37.2 Å². The summed E-state index contributed by atoms with van der Waals surface area (Å²) in [5.41, 5.74) is 2.16. The van der Waals surface area contributed by atoms with Crippen LogP contribution in [-0.4, -0.2) is 24.8 Å². The van der Waals surface area contributed by atoms with Gasteiger partial charge < -0.3 is 14.8 Å². The highest BCUT2D eigenvalue weighted by Gasteiger charge is 2.19. The summed E-state index contributed by atoms with van der Waals surface area (Å²) in [6, 6.07) is 8.30. The maximum atomic E-state index is 9.38. The second kappa shape index (κ2) is 5.34. The number of nitrogens with one attached hydrogen (secondary N) is 1. The van der Waals surface area contributed by atoms with E-state index in [-0.39, 0.29) is 12.6 Å². The van der Waals surface area contributed by atoms with Gasteiger partial charge in [0.05, 0.1) is 12.9 Å². The van der Waals surface area contributed by atoms with Crippen LogP contribution in [0.25, 0.3) is 11.0 Å². The van der Waals surface area contributed by atoms with Crippen molar-refractivity contribution in [3.63, 3.8) is 0 Å². The van der Waals surface area contributed by atoms with E-state index in [2.05, 4.69) is 24.4 Å². The van der Waals surface area contributed by atoms with Gasteiger partial charge in [0.2, 0.25) is 0 Å². The van der Waals surface area contributed by atoms with Crippen LogP contribution >= 0.6 is 0 Å². The van der Waals surface area contributed by atoms with Gasteiger partial charge >= 0.3 is 0 Å². The van der Waals surface area contributed by atoms with Gasteiger partial charge in [-0.3, -0.25) is 0 Å². The van der Waals surface area contributed by atoms with Gasteiger partial charge in [-0.1, -0.05) is 13.0 Å². The summed E-state index contributed by atoms with van der Waals surface area (Å²) in [5, 5.41) is 13.7. The topological polar surface area (TPSA) is 45.4 Å². The first-order valence-electron chi connectivity index (χ1n) is 6.05. The Kier molecular flexibility index (Phi) is 3.82. The molecule has 0 saturated heterocycles. The molecular weight excluding hydrogens is 214 g/mol. The van der Waals surface area contributed by atoms with E-state index in [0.29, 0.717) is 5.92 Å². The van der Waals surface area contributed by atoms with Gasteiger partial charge in [-0.15, -0.1) is 0 Å². The number of likely N-dealkylation sites (N-methyl/N-ethyl adjacent to an activating group) is 1. The molecule has 1 aromatic heterocycles. The number of rotatable bonds is 5. The molecule has 1 heterocycles. The third-order valence-electron chi connectivity index (χ3n) is 3.40. The minimum atomic E-state index is 0.101. The van der Waals surface area contributed by atoms with Crippen LogP contribution in [0.3, 0.4) is 0 Å². The van der Waals surface area contributed by atoms with Crippen LogP contribution in [-0.2, 0) is 0 Å². The van der Waals surface area contributed by atoms with Crippen molar-refractivity contribution in [3.8, 4) is 0 Å². The molecule has 92 valence electrons. The normalized spacial score (nSPS) is 15.0. The number of furan rings is 1. The fraction of sp³-hybridized carbons (Fsp3) is 0.429. The molecule has 2 N–H and O–H groups in total. The van der Waals surface area contributed by atoms with Gasteiger partial charge in [-0.25, -0.2) is 0 Å². The molecule has 2 aromatic rings. The lowest BCUT2D eigenvalue weighted by Gasteiger charge is -2.24. The second-order valence-electron chi connectivity index (χ2n) is 4.31. The van der Waals surface area contributed by atoms with Crippen LogP contribution in [0.4, 0.5) is 0 Å². The summed E-state index contributed by atoms with van der Waals surface area (Å²) in [6.45, 7) is 2.29. The molecule has 0 fully saturated rings. The molecule has 0 aliphatic carbocycles. The van der Waals surface area contributed by atoms with Crippen molar-refractivity contribution < 1.29 is 9.52 Å². The molecule has 0 bridgehead atoms. The van der Waals surface area contributed by atoms with Gasteiger partial charge in [0.25, 0.3) is 0 Å². The predicted octanol–water partition coefficient (Wildman–Crippen LogP) is 2.51. The van der Waals surface area contributed by atoms with Crippen LogP contribution in [0, 0.1) is 0 Å². The van der Waals surface area contributed by atoms with E-state index in [1.807, 2.05) is 19.2 Å². The van der Waals surface area contributed by atoms with Gasteiger partial charge in [0.15, 0.2) is 0 Å².